The van der Waals surface area contributed by atoms with E-state index in [1.165, 1.54) is 6.42 Å². The number of guanidine groups is 2. The van der Waals surface area contributed by atoms with E-state index in [4.69, 9.17) is 16.5 Å². The summed E-state index contributed by atoms with van der Waals surface area (Å²) in [6.07, 6.45) is 7.22. The van der Waals surface area contributed by atoms with E-state index in [0.29, 0.717) is 5.96 Å². The lowest BCUT2D eigenvalue weighted by Gasteiger charge is -2.45. The summed E-state index contributed by atoms with van der Waals surface area (Å²) in [4.78, 5) is 15.6. The molecule has 0 radical (unpaired) electrons. The second kappa shape index (κ2) is 6.88. The van der Waals surface area contributed by atoms with Gasteiger partial charge in [0.15, 0.2) is 0 Å². The second-order valence-corrected chi connectivity index (χ2v) is 7.78. The van der Waals surface area contributed by atoms with Crippen molar-refractivity contribution in [2.75, 3.05) is 4.90 Å². The zero-order valence-electron chi connectivity index (χ0n) is 16.3. The Morgan fingerprint density at radius 1 is 0.862 bits per heavy atom. The molecule has 0 amide bonds. The normalized spacial score (nSPS) is 18.6. The third kappa shape index (κ3) is 3.10. The fraction of sp³-hybridized carbons (Fsp3) is 0.261. The van der Waals surface area contributed by atoms with Gasteiger partial charge in [0.25, 0.3) is 0 Å². The number of pyridine rings is 1. The van der Waals surface area contributed by atoms with Crippen molar-refractivity contribution in [3.63, 3.8) is 0 Å². The maximum Gasteiger partial charge on any atom is 0.220 e. The van der Waals surface area contributed by atoms with Gasteiger partial charge >= 0.3 is 0 Å². The van der Waals surface area contributed by atoms with Crippen LogP contribution in [0, 0.1) is 0 Å². The number of fused-ring (bicyclic) bond motifs is 1. The molecule has 1 aliphatic heterocycles. The number of nitrogens with zero attached hydrogens (tertiary/aromatic N) is 4. The molecule has 1 saturated carbocycles. The van der Waals surface area contributed by atoms with Crippen LogP contribution < -0.4 is 16.4 Å². The van der Waals surface area contributed by atoms with E-state index in [2.05, 4.69) is 51.3 Å². The Morgan fingerprint density at radius 3 is 2.41 bits per heavy atom. The van der Waals surface area contributed by atoms with Crippen LogP contribution in [-0.2, 0) is 0 Å². The summed E-state index contributed by atoms with van der Waals surface area (Å²) in [6, 6.07) is 18.7. The molecule has 6 nitrogen and oxygen atoms in total. The third-order valence-corrected chi connectivity index (χ3v) is 5.90. The first-order valence-corrected chi connectivity index (χ1v) is 10.1. The standard InChI is InChI=1S/C23H24N6/c24-21-27-22(25)29(23(28-21)12-4-1-5-13-23)19-10-8-16(9-11-19)18-14-17-6-2-3-7-20(17)26-15-18/h2-3,6-11,14-15H,1,4-5,12-13H2,(H4,24,25,27,28). The molecule has 3 aromatic rings. The Kier molecular flexibility index (Phi) is 4.19. The first-order valence-electron chi connectivity index (χ1n) is 10.1. The number of para-hydroxylation sites is 1. The van der Waals surface area contributed by atoms with E-state index in [-0.39, 0.29) is 5.96 Å². The highest BCUT2D eigenvalue weighted by atomic mass is 15.4. The summed E-state index contributed by atoms with van der Waals surface area (Å²) in [5, 5.41) is 1.13. The summed E-state index contributed by atoms with van der Waals surface area (Å²) < 4.78 is 0. The lowest BCUT2D eigenvalue weighted by atomic mass is 9.87. The quantitative estimate of drug-likeness (QED) is 0.698. The maximum absolute atomic E-state index is 6.32. The molecule has 1 aromatic heterocycles. The first kappa shape index (κ1) is 17.7. The molecule has 0 atom stereocenters. The minimum atomic E-state index is -0.416. The van der Waals surface area contributed by atoms with Gasteiger partial charge in [0.2, 0.25) is 11.9 Å². The average Bonchev–Trinajstić information content (AvgIpc) is 2.74. The van der Waals surface area contributed by atoms with Crippen LogP contribution in [0.5, 0.6) is 0 Å². The molecule has 6 heteroatoms. The van der Waals surface area contributed by atoms with E-state index >= 15 is 0 Å². The summed E-state index contributed by atoms with van der Waals surface area (Å²) in [7, 11) is 0. The molecule has 1 aliphatic carbocycles. The summed E-state index contributed by atoms with van der Waals surface area (Å²) >= 11 is 0. The van der Waals surface area contributed by atoms with Crippen LogP contribution in [0.15, 0.2) is 70.8 Å². The van der Waals surface area contributed by atoms with Gasteiger partial charge < -0.3 is 11.5 Å². The first-order chi connectivity index (χ1) is 14.1. The summed E-state index contributed by atoms with van der Waals surface area (Å²) in [5.74, 6) is 0.694. The number of aliphatic imine (C=N–C) groups is 2. The van der Waals surface area contributed by atoms with Crippen molar-refractivity contribution in [2.24, 2.45) is 21.5 Å². The van der Waals surface area contributed by atoms with Crippen LogP contribution >= 0.6 is 0 Å². The van der Waals surface area contributed by atoms with Crippen molar-refractivity contribution < 1.29 is 0 Å². The molecule has 2 aliphatic rings. The Balaban J connectivity index is 1.50. The van der Waals surface area contributed by atoms with Gasteiger partial charge in [-0.25, -0.2) is 4.99 Å². The zero-order chi connectivity index (χ0) is 19.8. The lowest BCUT2D eigenvalue weighted by Crippen LogP contribution is -2.58. The van der Waals surface area contributed by atoms with Crippen molar-refractivity contribution in [1.82, 2.24) is 4.98 Å². The Bertz CT molecular complexity index is 1110. The third-order valence-electron chi connectivity index (χ3n) is 5.90. The fourth-order valence-corrected chi connectivity index (χ4v) is 4.53. The van der Waals surface area contributed by atoms with Crippen molar-refractivity contribution in [1.29, 1.82) is 0 Å². The Hall–Kier alpha value is -3.41. The molecule has 0 saturated heterocycles. The number of anilines is 1. The van der Waals surface area contributed by atoms with Crippen LogP contribution in [-0.4, -0.2) is 22.6 Å². The number of aromatic nitrogens is 1. The topological polar surface area (TPSA) is 92.9 Å². The van der Waals surface area contributed by atoms with Gasteiger partial charge in [-0.05, 0) is 55.5 Å². The zero-order valence-corrected chi connectivity index (χ0v) is 16.3. The van der Waals surface area contributed by atoms with Gasteiger partial charge in [-0.15, -0.1) is 0 Å². The predicted octanol–water partition coefficient (Wildman–Crippen LogP) is 4.01. The summed E-state index contributed by atoms with van der Waals surface area (Å²) in [6.45, 7) is 0. The smallest absolute Gasteiger partial charge is 0.220 e. The van der Waals surface area contributed by atoms with E-state index in [1.807, 2.05) is 24.4 Å². The van der Waals surface area contributed by atoms with Crippen LogP contribution in [0.25, 0.3) is 22.0 Å². The second-order valence-electron chi connectivity index (χ2n) is 7.78. The van der Waals surface area contributed by atoms with Gasteiger partial charge in [0.1, 0.15) is 5.66 Å². The molecule has 0 bridgehead atoms. The molecule has 2 aromatic carbocycles. The lowest BCUT2D eigenvalue weighted by molar-refractivity contribution is 0.305. The Morgan fingerprint density at radius 2 is 1.62 bits per heavy atom. The minimum Gasteiger partial charge on any atom is -0.369 e. The molecule has 4 N–H and O–H groups in total. The van der Waals surface area contributed by atoms with Crippen molar-refractivity contribution >= 4 is 28.5 Å². The van der Waals surface area contributed by atoms with Gasteiger partial charge in [-0.1, -0.05) is 36.8 Å². The molecule has 146 valence electrons. The average molecular weight is 384 g/mol. The molecule has 0 unspecified atom stereocenters. The maximum atomic E-state index is 6.32. The van der Waals surface area contributed by atoms with E-state index < -0.39 is 5.66 Å². The summed E-state index contributed by atoms with van der Waals surface area (Å²) in [5.41, 5.74) is 16.1. The van der Waals surface area contributed by atoms with E-state index in [0.717, 1.165) is 53.4 Å². The van der Waals surface area contributed by atoms with Crippen LogP contribution in [0.1, 0.15) is 32.1 Å². The van der Waals surface area contributed by atoms with Crippen molar-refractivity contribution in [3.05, 3.63) is 60.8 Å². The molecule has 29 heavy (non-hydrogen) atoms. The molecular formula is C23H24N6. The highest BCUT2D eigenvalue weighted by Gasteiger charge is 2.42. The minimum absolute atomic E-state index is 0.277. The van der Waals surface area contributed by atoms with E-state index in [9.17, 15) is 0 Å². The largest absolute Gasteiger partial charge is 0.369 e. The van der Waals surface area contributed by atoms with Gasteiger partial charge in [-0.3, -0.25) is 9.88 Å². The molecule has 1 fully saturated rings. The predicted molar refractivity (Wildman–Crippen MR) is 119 cm³/mol. The molecule has 1 spiro atoms. The van der Waals surface area contributed by atoms with Crippen molar-refractivity contribution in [3.8, 4) is 11.1 Å². The van der Waals surface area contributed by atoms with Crippen LogP contribution in [0.3, 0.4) is 0 Å². The van der Waals surface area contributed by atoms with Gasteiger partial charge in [0, 0.05) is 22.8 Å². The van der Waals surface area contributed by atoms with Gasteiger partial charge in [-0.2, -0.15) is 4.99 Å². The van der Waals surface area contributed by atoms with Crippen LogP contribution in [0.4, 0.5) is 5.69 Å². The van der Waals surface area contributed by atoms with Gasteiger partial charge in [0.05, 0.1) is 5.52 Å². The number of hydrogen-bond acceptors (Lipinski definition) is 6. The monoisotopic (exact) mass is 384 g/mol. The molecular weight excluding hydrogens is 360 g/mol. The number of nitrogens with two attached hydrogens (primary N) is 2. The number of rotatable bonds is 2. The number of benzene rings is 2. The fourth-order valence-electron chi connectivity index (χ4n) is 4.53. The Labute approximate surface area is 170 Å². The highest BCUT2D eigenvalue weighted by Crippen LogP contribution is 2.39. The van der Waals surface area contributed by atoms with Crippen LogP contribution in [0.2, 0.25) is 0 Å². The van der Waals surface area contributed by atoms with Crippen molar-refractivity contribution in [2.45, 2.75) is 37.8 Å². The van der Waals surface area contributed by atoms with E-state index in [1.54, 1.807) is 0 Å². The molecule has 2 heterocycles. The molecule has 5 rings (SSSR count). The highest BCUT2D eigenvalue weighted by molar-refractivity contribution is 6.05. The SMILES string of the molecule is NC1=NC2(CCCCC2)N(c2ccc(-c3cnc4ccccc4c3)cc2)C(N)=N1. The number of hydrogen-bond donors (Lipinski definition) is 2.